The number of halogens is 3. The Morgan fingerprint density at radius 2 is 2.12 bits per heavy atom. The standard InChI is InChI=1S/C16H13F3N4O2/c17-16(18,19)15(24)25-23-6-4-13-12(3-5-20-14(13)23)11-7-21-22(9-11)8-10-1-2-10/h3-7,9-10H,1-2,8H2. The molecule has 0 radical (unpaired) electrons. The Kier molecular flexibility index (Phi) is 3.52. The zero-order valence-electron chi connectivity index (χ0n) is 12.9. The number of aromatic nitrogens is 4. The molecule has 3 aromatic rings. The van der Waals surface area contributed by atoms with Crippen LogP contribution in [0, 0.1) is 5.92 Å². The maximum Gasteiger partial charge on any atom is 0.493 e. The summed E-state index contributed by atoms with van der Waals surface area (Å²) in [4.78, 5) is 19.4. The van der Waals surface area contributed by atoms with Gasteiger partial charge in [-0.15, -0.1) is 0 Å². The average Bonchev–Trinajstić information content (AvgIpc) is 3.09. The van der Waals surface area contributed by atoms with Gasteiger partial charge >= 0.3 is 12.1 Å². The summed E-state index contributed by atoms with van der Waals surface area (Å²) in [6.07, 6.45) is 3.64. The number of rotatable bonds is 4. The highest BCUT2D eigenvalue weighted by Gasteiger charge is 2.42. The van der Waals surface area contributed by atoms with E-state index in [4.69, 9.17) is 0 Å². The molecule has 4 rings (SSSR count). The summed E-state index contributed by atoms with van der Waals surface area (Å²) in [7, 11) is 0. The van der Waals surface area contributed by atoms with Crippen molar-refractivity contribution in [2.24, 2.45) is 5.92 Å². The van der Waals surface area contributed by atoms with Crippen molar-refractivity contribution in [3.05, 3.63) is 36.9 Å². The molecule has 0 aromatic carbocycles. The third-order valence-electron chi connectivity index (χ3n) is 4.05. The van der Waals surface area contributed by atoms with E-state index in [0.717, 1.165) is 22.4 Å². The number of pyridine rings is 1. The molecule has 3 aromatic heterocycles. The van der Waals surface area contributed by atoms with E-state index in [1.807, 2.05) is 10.9 Å². The van der Waals surface area contributed by atoms with Crippen molar-refractivity contribution in [3.8, 4) is 11.1 Å². The Hall–Kier alpha value is -2.84. The second kappa shape index (κ2) is 5.61. The summed E-state index contributed by atoms with van der Waals surface area (Å²) in [6, 6.07) is 3.30. The fourth-order valence-electron chi connectivity index (χ4n) is 2.65. The molecule has 0 amide bonds. The van der Waals surface area contributed by atoms with Gasteiger partial charge < -0.3 is 4.84 Å². The minimum Gasteiger partial charge on any atom is -0.326 e. The third-order valence-corrected chi connectivity index (χ3v) is 4.05. The van der Waals surface area contributed by atoms with Gasteiger partial charge in [-0.3, -0.25) is 4.68 Å². The number of carbonyl (C=O) groups excluding carboxylic acids is 1. The van der Waals surface area contributed by atoms with Crippen molar-refractivity contribution in [1.29, 1.82) is 0 Å². The summed E-state index contributed by atoms with van der Waals surface area (Å²) in [5.74, 6) is -1.62. The molecule has 25 heavy (non-hydrogen) atoms. The fraction of sp³-hybridized carbons (Fsp3) is 0.312. The van der Waals surface area contributed by atoms with Crippen molar-refractivity contribution in [2.45, 2.75) is 25.6 Å². The summed E-state index contributed by atoms with van der Waals surface area (Å²) >= 11 is 0. The Bertz CT molecular complexity index is 940. The van der Waals surface area contributed by atoms with Crippen molar-refractivity contribution in [1.82, 2.24) is 19.5 Å². The van der Waals surface area contributed by atoms with Gasteiger partial charge in [0.25, 0.3) is 0 Å². The quantitative estimate of drug-likeness (QED) is 0.726. The lowest BCUT2D eigenvalue weighted by molar-refractivity contribution is -0.199. The molecular formula is C16H13F3N4O2. The van der Waals surface area contributed by atoms with Crippen LogP contribution in [-0.2, 0) is 11.3 Å². The molecule has 0 spiro atoms. The highest BCUT2D eigenvalue weighted by atomic mass is 19.4. The molecule has 3 heterocycles. The topological polar surface area (TPSA) is 61.9 Å². The van der Waals surface area contributed by atoms with Crippen LogP contribution in [0.15, 0.2) is 36.9 Å². The maximum atomic E-state index is 12.4. The largest absolute Gasteiger partial charge is 0.493 e. The molecule has 0 atom stereocenters. The summed E-state index contributed by atoms with van der Waals surface area (Å²) in [6.45, 7) is 0.860. The SMILES string of the molecule is O=C(On1ccc2c(-c3cnn(CC4CC4)c3)ccnc21)C(F)(F)F. The van der Waals surface area contributed by atoms with Crippen molar-refractivity contribution in [2.75, 3.05) is 0 Å². The van der Waals surface area contributed by atoms with Gasteiger partial charge in [-0.25, -0.2) is 9.78 Å². The molecule has 1 saturated carbocycles. The van der Waals surface area contributed by atoms with E-state index in [9.17, 15) is 18.0 Å². The molecule has 1 aliphatic rings. The Morgan fingerprint density at radius 1 is 1.32 bits per heavy atom. The molecule has 0 aliphatic heterocycles. The van der Waals surface area contributed by atoms with Gasteiger partial charge in [0.15, 0.2) is 5.65 Å². The molecule has 1 fully saturated rings. The van der Waals surface area contributed by atoms with E-state index in [-0.39, 0.29) is 5.65 Å². The van der Waals surface area contributed by atoms with Crippen LogP contribution in [0.5, 0.6) is 0 Å². The van der Waals surface area contributed by atoms with Crippen LogP contribution in [0.4, 0.5) is 13.2 Å². The van der Waals surface area contributed by atoms with Gasteiger partial charge in [0.2, 0.25) is 0 Å². The Morgan fingerprint density at radius 3 is 2.84 bits per heavy atom. The number of hydrogen-bond acceptors (Lipinski definition) is 4. The summed E-state index contributed by atoms with van der Waals surface area (Å²) < 4.78 is 39.7. The van der Waals surface area contributed by atoms with E-state index >= 15 is 0 Å². The van der Waals surface area contributed by atoms with Crippen LogP contribution in [0.25, 0.3) is 22.2 Å². The van der Waals surface area contributed by atoms with Gasteiger partial charge in [-0.2, -0.15) is 23.0 Å². The number of carbonyl (C=O) groups is 1. The zero-order chi connectivity index (χ0) is 17.6. The second-order valence-electron chi connectivity index (χ2n) is 6.01. The van der Waals surface area contributed by atoms with Crippen LogP contribution in [0.3, 0.4) is 0 Å². The molecule has 9 heteroatoms. The van der Waals surface area contributed by atoms with Crippen molar-refractivity contribution >= 4 is 17.0 Å². The first-order chi connectivity index (χ1) is 11.9. The monoisotopic (exact) mass is 350 g/mol. The summed E-state index contributed by atoms with van der Waals surface area (Å²) in [5.41, 5.74) is 1.71. The third kappa shape index (κ3) is 3.09. The lowest BCUT2D eigenvalue weighted by atomic mass is 10.1. The number of fused-ring (bicyclic) bond motifs is 1. The van der Waals surface area contributed by atoms with E-state index in [1.54, 1.807) is 18.3 Å². The van der Waals surface area contributed by atoms with Gasteiger partial charge in [-0.1, -0.05) is 0 Å². The predicted octanol–water partition coefficient (Wildman–Crippen LogP) is 2.83. The lowest BCUT2D eigenvalue weighted by Gasteiger charge is -2.08. The molecule has 1 aliphatic carbocycles. The van der Waals surface area contributed by atoms with E-state index in [1.165, 1.54) is 25.2 Å². The van der Waals surface area contributed by atoms with E-state index in [2.05, 4.69) is 14.9 Å². The Labute approximate surface area is 139 Å². The Balaban J connectivity index is 1.66. The average molecular weight is 350 g/mol. The molecule has 0 N–H and O–H groups in total. The van der Waals surface area contributed by atoms with E-state index < -0.39 is 12.1 Å². The lowest BCUT2D eigenvalue weighted by Crippen LogP contribution is -2.33. The zero-order valence-corrected chi connectivity index (χ0v) is 12.9. The normalized spacial score (nSPS) is 14.8. The second-order valence-corrected chi connectivity index (χ2v) is 6.01. The predicted molar refractivity (Wildman–Crippen MR) is 81.3 cm³/mol. The molecule has 130 valence electrons. The van der Waals surface area contributed by atoms with Crippen molar-refractivity contribution in [3.63, 3.8) is 0 Å². The van der Waals surface area contributed by atoms with Gasteiger partial charge in [-0.05, 0) is 36.5 Å². The maximum absolute atomic E-state index is 12.4. The summed E-state index contributed by atoms with van der Waals surface area (Å²) in [5, 5.41) is 4.89. The highest BCUT2D eigenvalue weighted by molar-refractivity contribution is 5.93. The van der Waals surface area contributed by atoms with Gasteiger partial charge in [0.05, 0.1) is 6.20 Å². The molecule has 0 unspecified atom stereocenters. The minimum absolute atomic E-state index is 0.130. The smallest absolute Gasteiger partial charge is 0.326 e. The van der Waals surface area contributed by atoms with Crippen LogP contribution in [0.1, 0.15) is 12.8 Å². The van der Waals surface area contributed by atoms with Crippen LogP contribution < -0.4 is 4.84 Å². The van der Waals surface area contributed by atoms with Crippen LogP contribution in [-0.4, -0.2) is 31.6 Å². The van der Waals surface area contributed by atoms with Crippen LogP contribution >= 0.6 is 0 Å². The molecule has 0 saturated heterocycles. The first kappa shape index (κ1) is 15.7. The number of alkyl halides is 3. The van der Waals surface area contributed by atoms with E-state index in [0.29, 0.717) is 11.3 Å². The number of hydrogen-bond donors (Lipinski definition) is 0. The minimum atomic E-state index is -5.07. The van der Waals surface area contributed by atoms with Gasteiger partial charge in [0, 0.05) is 36.1 Å². The molecule has 0 bridgehead atoms. The number of nitrogens with zero attached hydrogens (tertiary/aromatic N) is 4. The van der Waals surface area contributed by atoms with Crippen LogP contribution in [0.2, 0.25) is 0 Å². The van der Waals surface area contributed by atoms with Crippen molar-refractivity contribution < 1.29 is 22.8 Å². The molecule has 6 nitrogen and oxygen atoms in total. The first-order valence-electron chi connectivity index (χ1n) is 7.70. The fourth-order valence-corrected chi connectivity index (χ4v) is 2.65. The first-order valence-corrected chi connectivity index (χ1v) is 7.70. The van der Waals surface area contributed by atoms with Gasteiger partial charge in [0.1, 0.15) is 0 Å². The molecular weight excluding hydrogens is 337 g/mol. The highest BCUT2D eigenvalue weighted by Crippen LogP contribution is 2.32.